The van der Waals surface area contributed by atoms with E-state index in [2.05, 4.69) is 11.6 Å². The summed E-state index contributed by atoms with van der Waals surface area (Å²) in [4.78, 5) is 42.6. The fraction of sp³-hybridized carbons (Fsp3) is 0.400. The molecule has 0 spiro atoms. The van der Waals surface area contributed by atoms with Crippen molar-refractivity contribution in [3.8, 4) is 5.75 Å². The average molecular weight is 420 g/mol. The van der Waals surface area contributed by atoms with Crippen molar-refractivity contribution in [2.24, 2.45) is 4.99 Å². The summed E-state index contributed by atoms with van der Waals surface area (Å²) in [6.45, 7) is 6.43. The van der Waals surface area contributed by atoms with Crippen LogP contribution in [0.15, 0.2) is 35.8 Å². The van der Waals surface area contributed by atoms with E-state index in [9.17, 15) is 19.5 Å². The summed E-state index contributed by atoms with van der Waals surface area (Å²) in [6.07, 6.45) is 2.93. The summed E-state index contributed by atoms with van der Waals surface area (Å²) in [7, 11) is 1.72. The Morgan fingerprint density at radius 1 is 1.45 bits per heavy atom. The van der Waals surface area contributed by atoms with Crippen LogP contribution in [-0.2, 0) is 22.7 Å². The second kappa shape index (κ2) is 10.1. The van der Waals surface area contributed by atoms with Crippen LogP contribution in [0.25, 0.3) is 0 Å². The third-order valence-electron chi connectivity index (χ3n) is 4.50. The molecule has 2 rings (SSSR count). The van der Waals surface area contributed by atoms with Crippen molar-refractivity contribution in [1.29, 1.82) is 0 Å². The molecule has 1 atom stereocenters. The minimum Gasteiger partial charge on any atom is -0.491 e. The van der Waals surface area contributed by atoms with Gasteiger partial charge in [-0.15, -0.1) is 11.8 Å². The third kappa shape index (κ3) is 5.83. The van der Waals surface area contributed by atoms with E-state index in [1.165, 1.54) is 17.9 Å². The SMILES string of the molecule is C=CC(=NC(=O)N1CCOc2ccc(CN(C)C(C)=O)cc2C1)C(SC)C(=O)O. The number of aliphatic imine (C=N–C) groups is 1. The first-order chi connectivity index (χ1) is 13.8. The number of hydrogen-bond donors (Lipinski definition) is 1. The number of carbonyl (C=O) groups excluding carboxylic acids is 2. The van der Waals surface area contributed by atoms with Gasteiger partial charge in [0.25, 0.3) is 0 Å². The molecule has 9 heteroatoms. The molecule has 0 aliphatic carbocycles. The molecule has 156 valence electrons. The molecule has 1 aliphatic rings. The number of ether oxygens (including phenoxy) is 1. The third-order valence-corrected chi connectivity index (χ3v) is 5.41. The van der Waals surface area contributed by atoms with Crippen molar-refractivity contribution < 1.29 is 24.2 Å². The lowest BCUT2D eigenvalue weighted by Crippen LogP contribution is -2.33. The normalized spacial score (nSPS) is 14.9. The van der Waals surface area contributed by atoms with Gasteiger partial charge in [0.05, 0.1) is 18.8 Å². The highest BCUT2D eigenvalue weighted by atomic mass is 32.2. The zero-order valence-electron chi connectivity index (χ0n) is 16.8. The van der Waals surface area contributed by atoms with Crippen LogP contribution >= 0.6 is 11.8 Å². The standard InChI is InChI=1S/C20H25N3O5S/c1-5-16(18(29-4)19(25)26)21-20(27)23-8-9-28-17-7-6-14(10-15(17)12-23)11-22(3)13(2)24/h5-7,10,18H,1,8-9,11-12H2,2-4H3,(H,25,26). The van der Waals surface area contributed by atoms with Crippen molar-refractivity contribution in [3.63, 3.8) is 0 Å². The number of benzene rings is 1. The van der Waals surface area contributed by atoms with Gasteiger partial charge in [0.2, 0.25) is 5.91 Å². The Kier molecular flexibility index (Phi) is 7.83. The number of rotatable bonds is 6. The lowest BCUT2D eigenvalue weighted by atomic mass is 10.1. The Labute approximate surface area is 174 Å². The number of aliphatic carboxylic acids is 1. The topological polar surface area (TPSA) is 99.5 Å². The summed E-state index contributed by atoms with van der Waals surface area (Å²) in [5, 5.41) is 8.33. The molecule has 1 unspecified atom stereocenters. The molecule has 0 bridgehead atoms. The first kappa shape index (κ1) is 22.5. The van der Waals surface area contributed by atoms with Crippen molar-refractivity contribution in [1.82, 2.24) is 9.80 Å². The second-order valence-corrected chi connectivity index (χ2v) is 7.51. The van der Waals surface area contributed by atoms with Gasteiger partial charge < -0.3 is 19.6 Å². The van der Waals surface area contributed by atoms with Crippen LogP contribution < -0.4 is 4.74 Å². The molecule has 0 saturated carbocycles. The Morgan fingerprint density at radius 3 is 2.76 bits per heavy atom. The highest BCUT2D eigenvalue weighted by Crippen LogP contribution is 2.25. The van der Waals surface area contributed by atoms with Crippen molar-refractivity contribution >= 4 is 35.4 Å². The largest absolute Gasteiger partial charge is 0.491 e. The number of carboxylic acids is 1. The minimum atomic E-state index is -1.08. The summed E-state index contributed by atoms with van der Waals surface area (Å²) in [5.74, 6) is -0.441. The molecule has 3 amide bonds. The molecule has 0 aromatic heterocycles. The summed E-state index contributed by atoms with van der Waals surface area (Å²) < 4.78 is 5.73. The van der Waals surface area contributed by atoms with Crippen molar-refractivity contribution in [3.05, 3.63) is 42.0 Å². The molecule has 1 N–H and O–H groups in total. The monoisotopic (exact) mass is 419 g/mol. The van der Waals surface area contributed by atoms with Gasteiger partial charge >= 0.3 is 12.0 Å². The molecule has 1 aromatic carbocycles. The predicted octanol–water partition coefficient (Wildman–Crippen LogP) is 2.42. The number of urea groups is 1. The molecule has 1 aromatic rings. The predicted molar refractivity (Wildman–Crippen MR) is 112 cm³/mol. The molecule has 0 fully saturated rings. The molecule has 0 radical (unpaired) electrons. The molecular formula is C20H25N3O5S. The van der Waals surface area contributed by atoms with Crippen LogP contribution in [0.4, 0.5) is 4.79 Å². The van der Waals surface area contributed by atoms with Gasteiger partial charge in [0.1, 0.15) is 17.6 Å². The molecule has 8 nitrogen and oxygen atoms in total. The average Bonchev–Trinajstić information content (AvgIpc) is 2.89. The summed E-state index contributed by atoms with van der Waals surface area (Å²) in [5.41, 5.74) is 1.83. The van der Waals surface area contributed by atoms with Crippen LogP contribution in [0.1, 0.15) is 18.1 Å². The maximum absolute atomic E-state index is 12.7. The van der Waals surface area contributed by atoms with Crippen LogP contribution in [-0.4, -0.2) is 70.2 Å². The van der Waals surface area contributed by atoms with Gasteiger partial charge in [0, 0.05) is 26.1 Å². The van der Waals surface area contributed by atoms with Gasteiger partial charge in [-0.05, 0) is 30.0 Å². The number of hydrogen-bond acceptors (Lipinski definition) is 5. The zero-order valence-corrected chi connectivity index (χ0v) is 17.6. The Hall–Kier alpha value is -2.81. The molecule has 1 aliphatic heterocycles. The van der Waals surface area contributed by atoms with E-state index in [-0.39, 0.29) is 18.2 Å². The van der Waals surface area contributed by atoms with Crippen molar-refractivity contribution in [2.45, 2.75) is 25.3 Å². The van der Waals surface area contributed by atoms with E-state index >= 15 is 0 Å². The summed E-state index contributed by atoms with van der Waals surface area (Å²) >= 11 is 1.07. The highest BCUT2D eigenvalue weighted by Gasteiger charge is 2.25. The molecule has 29 heavy (non-hydrogen) atoms. The fourth-order valence-electron chi connectivity index (χ4n) is 2.83. The summed E-state index contributed by atoms with van der Waals surface area (Å²) in [6, 6.07) is 5.09. The van der Waals surface area contributed by atoms with Crippen LogP contribution in [0.5, 0.6) is 5.75 Å². The van der Waals surface area contributed by atoms with Gasteiger partial charge in [-0.2, -0.15) is 4.99 Å². The van der Waals surface area contributed by atoms with E-state index in [0.29, 0.717) is 25.4 Å². The molecular weight excluding hydrogens is 394 g/mol. The van der Waals surface area contributed by atoms with Crippen LogP contribution in [0, 0.1) is 0 Å². The quantitative estimate of drug-likeness (QED) is 0.711. The number of carbonyl (C=O) groups is 3. The second-order valence-electron chi connectivity index (χ2n) is 6.56. The number of amides is 3. The van der Waals surface area contributed by atoms with E-state index in [0.717, 1.165) is 22.9 Å². The maximum Gasteiger partial charge on any atom is 0.344 e. The highest BCUT2D eigenvalue weighted by molar-refractivity contribution is 8.00. The molecule has 0 saturated heterocycles. The lowest BCUT2D eigenvalue weighted by Gasteiger charge is -2.19. The number of thioether (sulfide) groups is 1. The van der Waals surface area contributed by atoms with Gasteiger partial charge in [0.15, 0.2) is 0 Å². The Morgan fingerprint density at radius 2 is 2.17 bits per heavy atom. The number of fused-ring (bicyclic) bond motifs is 1. The maximum atomic E-state index is 12.7. The van der Waals surface area contributed by atoms with E-state index < -0.39 is 17.3 Å². The van der Waals surface area contributed by atoms with E-state index in [4.69, 9.17) is 4.74 Å². The number of allylic oxidation sites excluding steroid dienone is 1. The zero-order chi connectivity index (χ0) is 21.6. The molecule has 1 heterocycles. The number of nitrogens with zero attached hydrogens (tertiary/aromatic N) is 3. The number of carboxylic acid groups (broad SMARTS) is 1. The van der Waals surface area contributed by atoms with Crippen LogP contribution in [0.3, 0.4) is 0 Å². The van der Waals surface area contributed by atoms with Gasteiger partial charge in [-0.25, -0.2) is 4.79 Å². The van der Waals surface area contributed by atoms with Crippen LogP contribution in [0.2, 0.25) is 0 Å². The lowest BCUT2D eigenvalue weighted by molar-refractivity contribution is -0.135. The van der Waals surface area contributed by atoms with Crippen molar-refractivity contribution in [2.75, 3.05) is 26.5 Å². The minimum absolute atomic E-state index is 0.0407. The van der Waals surface area contributed by atoms with Gasteiger partial charge in [-0.1, -0.05) is 12.6 Å². The first-order valence-electron chi connectivity index (χ1n) is 8.98. The fourth-order valence-corrected chi connectivity index (χ4v) is 3.43. The van der Waals surface area contributed by atoms with E-state index in [1.807, 2.05) is 18.2 Å². The Bertz CT molecular complexity index is 839. The van der Waals surface area contributed by atoms with E-state index in [1.54, 1.807) is 18.2 Å². The first-order valence-corrected chi connectivity index (χ1v) is 10.3. The Balaban J connectivity index is 2.24. The smallest absolute Gasteiger partial charge is 0.344 e. The van der Waals surface area contributed by atoms with Gasteiger partial charge in [-0.3, -0.25) is 9.59 Å².